The van der Waals surface area contributed by atoms with Crippen molar-refractivity contribution in [2.75, 3.05) is 20.7 Å². The fourth-order valence-corrected chi connectivity index (χ4v) is 2.17. The fourth-order valence-electron chi connectivity index (χ4n) is 2.17. The first kappa shape index (κ1) is 17.7. The van der Waals surface area contributed by atoms with Gasteiger partial charge in [-0.05, 0) is 36.8 Å². The molecule has 0 aliphatic carbocycles. The van der Waals surface area contributed by atoms with Crippen molar-refractivity contribution in [3.05, 3.63) is 60.2 Å². The lowest BCUT2D eigenvalue weighted by Crippen LogP contribution is -2.41. The number of ether oxygens (including phenoxy) is 2. The topological polar surface area (TPSA) is 54.9 Å². The van der Waals surface area contributed by atoms with Crippen LogP contribution in [0.25, 0.3) is 0 Å². The molecule has 0 amide bonds. The zero-order chi connectivity index (χ0) is 17.2. The summed E-state index contributed by atoms with van der Waals surface area (Å²) in [6, 6.07) is 17.8. The Hall–Kier alpha value is -2.69. The summed E-state index contributed by atoms with van der Waals surface area (Å²) in [6.07, 6.45) is 0.00803. The molecule has 1 atom stereocenters. The molecule has 0 radical (unpaired) electrons. The van der Waals surface area contributed by atoms with Gasteiger partial charge in [-0.25, -0.2) is 0 Å². The molecule has 0 spiro atoms. The summed E-state index contributed by atoms with van der Waals surface area (Å²) in [5, 5.41) is 6.56. The van der Waals surface area contributed by atoms with Gasteiger partial charge in [-0.2, -0.15) is 0 Å². The van der Waals surface area contributed by atoms with Crippen LogP contribution in [0.3, 0.4) is 0 Å². The van der Waals surface area contributed by atoms with Gasteiger partial charge in [0.25, 0.3) is 0 Å². The van der Waals surface area contributed by atoms with Crippen LogP contribution in [-0.4, -0.2) is 32.8 Å². The number of guanidine groups is 1. The molecule has 0 bridgehead atoms. The smallest absolute Gasteiger partial charge is 0.191 e. The molecule has 24 heavy (non-hydrogen) atoms. The Bertz CT molecular complexity index is 627. The van der Waals surface area contributed by atoms with Gasteiger partial charge in [0.15, 0.2) is 5.96 Å². The van der Waals surface area contributed by atoms with Gasteiger partial charge in [0.05, 0.1) is 13.7 Å². The third kappa shape index (κ3) is 5.83. The molecule has 1 unspecified atom stereocenters. The van der Waals surface area contributed by atoms with Crippen LogP contribution in [-0.2, 0) is 6.54 Å². The van der Waals surface area contributed by atoms with E-state index in [1.165, 1.54) is 5.56 Å². The van der Waals surface area contributed by atoms with E-state index in [9.17, 15) is 0 Å². The number of aliphatic imine (C=N–C) groups is 1. The molecule has 0 saturated carbocycles. The Labute approximate surface area is 143 Å². The van der Waals surface area contributed by atoms with Crippen molar-refractivity contribution in [1.29, 1.82) is 0 Å². The largest absolute Gasteiger partial charge is 0.497 e. The molecule has 0 saturated heterocycles. The molecule has 0 aliphatic rings. The quantitative estimate of drug-likeness (QED) is 0.606. The molecule has 5 nitrogen and oxygen atoms in total. The molecule has 2 rings (SSSR count). The summed E-state index contributed by atoms with van der Waals surface area (Å²) in [5.74, 6) is 2.39. The van der Waals surface area contributed by atoms with Crippen molar-refractivity contribution in [2.45, 2.75) is 19.6 Å². The third-order valence-corrected chi connectivity index (χ3v) is 3.48. The van der Waals surface area contributed by atoms with Gasteiger partial charge < -0.3 is 20.1 Å². The highest BCUT2D eigenvalue weighted by Gasteiger charge is 2.06. The summed E-state index contributed by atoms with van der Waals surface area (Å²) in [5.41, 5.74) is 1.21. The minimum atomic E-state index is 0.00803. The summed E-state index contributed by atoms with van der Waals surface area (Å²) in [4.78, 5) is 4.23. The minimum Gasteiger partial charge on any atom is -0.497 e. The predicted molar refractivity (Wildman–Crippen MR) is 97.7 cm³/mol. The van der Waals surface area contributed by atoms with E-state index in [2.05, 4.69) is 27.8 Å². The Morgan fingerprint density at radius 1 is 1.00 bits per heavy atom. The Balaban J connectivity index is 1.75. The third-order valence-electron chi connectivity index (χ3n) is 3.48. The SMILES string of the molecule is CN=C(NCc1ccccc1)NCC(C)Oc1ccc(OC)cc1. The van der Waals surface area contributed by atoms with Crippen LogP contribution < -0.4 is 20.1 Å². The van der Waals surface area contributed by atoms with Gasteiger partial charge in [-0.1, -0.05) is 30.3 Å². The number of hydrogen-bond donors (Lipinski definition) is 2. The average molecular weight is 327 g/mol. The van der Waals surface area contributed by atoms with Crippen molar-refractivity contribution in [2.24, 2.45) is 4.99 Å². The molecule has 128 valence electrons. The first-order valence-electron chi connectivity index (χ1n) is 8.00. The highest BCUT2D eigenvalue weighted by molar-refractivity contribution is 5.79. The van der Waals surface area contributed by atoms with Gasteiger partial charge >= 0.3 is 0 Å². The van der Waals surface area contributed by atoms with Gasteiger partial charge in [-0.15, -0.1) is 0 Å². The molecular formula is C19H25N3O2. The second-order valence-corrected chi connectivity index (χ2v) is 5.40. The molecule has 0 heterocycles. The Morgan fingerprint density at radius 3 is 2.29 bits per heavy atom. The van der Waals surface area contributed by atoms with Crippen molar-refractivity contribution < 1.29 is 9.47 Å². The molecule has 5 heteroatoms. The molecule has 0 aromatic heterocycles. The van der Waals surface area contributed by atoms with Crippen molar-refractivity contribution >= 4 is 5.96 Å². The zero-order valence-electron chi connectivity index (χ0n) is 14.5. The summed E-state index contributed by atoms with van der Waals surface area (Å²) >= 11 is 0. The van der Waals surface area contributed by atoms with E-state index < -0.39 is 0 Å². The molecule has 2 aromatic rings. The Morgan fingerprint density at radius 2 is 1.67 bits per heavy atom. The lowest BCUT2D eigenvalue weighted by atomic mass is 10.2. The molecule has 2 N–H and O–H groups in total. The van der Waals surface area contributed by atoms with Crippen molar-refractivity contribution in [1.82, 2.24) is 10.6 Å². The maximum Gasteiger partial charge on any atom is 0.191 e. The standard InChI is InChI=1S/C19H25N3O2/c1-15(24-18-11-9-17(23-3)10-12-18)13-21-19(20-2)22-14-16-7-5-4-6-8-16/h4-12,15H,13-14H2,1-3H3,(H2,20,21,22). The second kappa shape index (κ2) is 9.45. The van der Waals surface area contributed by atoms with E-state index in [4.69, 9.17) is 9.47 Å². The lowest BCUT2D eigenvalue weighted by molar-refractivity contribution is 0.223. The second-order valence-electron chi connectivity index (χ2n) is 5.40. The number of nitrogens with one attached hydrogen (secondary N) is 2. The monoisotopic (exact) mass is 327 g/mol. The maximum atomic E-state index is 5.87. The maximum absolute atomic E-state index is 5.87. The Kier molecular flexibility index (Phi) is 6.95. The first-order valence-corrected chi connectivity index (χ1v) is 8.00. The number of rotatable bonds is 7. The van der Waals surface area contributed by atoms with Crippen LogP contribution >= 0.6 is 0 Å². The first-order chi connectivity index (χ1) is 11.7. The average Bonchev–Trinajstić information content (AvgIpc) is 2.63. The lowest BCUT2D eigenvalue weighted by Gasteiger charge is -2.18. The zero-order valence-corrected chi connectivity index (χ0v) is 14.5. The number of benzene rings is 2. The minimum absolute atomic E-state index is 0.00803. The van der Waals surface area contributed by atoms with E-state index in [0.29, 0.717) is 6.54 Å². The van der Waals surface area contributed by atoms with Crippen LogP contribution in [0.2, 0.25) is 0 Å². The molecular weight excluding hydrogens is 302 g/mol. The number of hydrogen-bond acceptors (Lipinski definition) is 3. The van der Waals surface area contributed by atoms with E-state index in [0.717, 1.165) is 24.0 Å². The molecule has 2 aromatic carbocycles. The summed E-state index contributed by atoms with van der Waals surface area (Å²) in [6.45, 7) is 3.40. The van der Waals surface area contributed by atoms with E-state index in [1.807, 2.05) is 49.4 Å². The van der Waals surface area contributed by atoms with Gasteiger partial charge in [-0.3, -0.25) is 4.99 Å². The van der Waals surface area contributed by atoms with Gasteiger partial charge in [0, 0.05) is 13.6 Å². The van der Waals surface area contributed by atoms with Gasteiger partial charge in [0.1, 0.15) is 17.6 Å². The highest BCUT2D eigenvalue weighted by atomic mass is 16.5. The van der Waals surface area contributed by atoms with Crippen molar-refractivity contribution in [3.63, 3.8) is 0 Å². The normalized spacial score (nSPS) is 12.4. The fraction of sp³-hybridized carbons (Fsp3) is 0.316. The van der Waals surface area contributed by atoms with Crippen LogP contribution in [0.4, 0.5) is 0 Å². The van der Waals surface area contributed by atoms with Crippen LogP contribution in [0.1, 0.15) is 12.5 Å². The van der Waals surface area contributed by atoms with E-state index >= 15 is 0 Å². The summed E-state index contributed by atoms with van der Waals surface area (Å²) < 4.78 is 11.0. The summed E-state index contributed by atoms with van der Waals surface area (Å²) in [7, 11) is 3.41. The van der Waals surface area contributed by atoms with Gasteiger partial charge in [0.2, 0.25) is 0 Å². The van der Waals surface area contributed by atoms with Crippen LogP contribution in [0.15, 0.2) is 59.6 Å². The van der Waals surface area contributed by atoms with E-state index in [1.54, 1.807) is 14.2 Å². The van der Waals surface area contributed by atoms with Crippen LogP contribution in [0.5, 0.6) is 11.5 Å². The number of nitrogens with zero attached hydrogens (tertiary/aromatic N) is 1. The van der Waals surface area contributed by atoms with Crippen LogP contribution in [0, 0.1) is 0 Å². The predicted octanol–water partition coefficient (Wildman–Crippen LogP) is 2.83. The molecule has 0 aliphatic heterocycles. The van der Waals surface area contributed by atoms with Crippen molar-refractivity contribution in [3.8, 4) is 11.5 Å². The van der Waals surface area contributed by atoms with E-state index in [-0.39, 0.29) is 6.10 Å². The highest BCUT2D eigenvalue weighted by Crippen LogP contribution is 2.17. The molecule has 0 fully saturated rings. The number of methoxy groups -OCH3 is 1.